The van der Waals surface area contributed by atoms with Gasteiger partial charge in [0.25, 0.3) is 17.7 Å². The summed E-state index contributed by atoms with van der Waals surface area (Å²) in [4.78, 5) is 23.0. The maximum atomic E-state index is 13.0. The summed E-state index contributed by atoms with van der Waals surface area (Å²) in [5.74, 6) is 1.38. The largest absolute Gasteiger partial charge is 0.493 e. The Morgan fingerprint density at radius 1 is 1.18 bits per heavy atom. The molecule has 0 radical (unpaired) electrons. The van der Waals surface area contributed by atoms with E-state index in [0.29, 0.717) is 36.2 Å². The Hall–Kier alpha value is -3.29. The minimum atomic E-state index is -0.192. The van der Waals surface area contributed by atoms with Gasteiger partial charge in [-0.15, -0.1) is 0 Å². The van der Waals surface area contributed by atoms with Crippen molar-refractivity contribution in [3.8, 4) is 17.5 Å². The van der Waals surface area contributed by atoms with Gasteiger partial charge in [-0.25, -0.2) is 9.97 Å². The van der Waals surface area contributed by atoms with Gasteiger partial charge in [-0.05, 0) is 25.0 Å². The highest BCUT2D eigenvalue weighted by Gasteiger charge is 2.29. The van der Waals surface area contributed by atoms with Crippen LogP contribution < -0.4 is 14.2 Å². The molecule has 3 heterocycles. The summed E-state index contributed by atoms with van der Waals surface area (Å²) in [7, 11) is 3.09. The summed E-state index contributed by atoms with van der Waals surface area (Å²) in [6, 6.07) is 7.31. The van der Waals surface area contributed by atoms with Crippen LogP contribution in [0.4, 0.5) is 0 Å². The van der Waals surface area contributed by atoms with E-state index < -0.39 is 0 Å². The number of likely N-dealkylation sites (tertiary alicyclic amines) is 1. The highest BCUT2D eigenvalue weighted by Crippen LogP contribution is 2.30. The van der Waals surface area contributed by atoms with Gasteiger partial charge in [0.1, 0.15) is 6.10 Å². The van der Waals surface area contributed by atoms with E-state index in [4.69, 9.17) is 18.6 Å². The zero-order valence-corrected chi connectivity index (χ0v) is 15.8. The van der Waals surface area contributed by atoms with Gasteiger partial charge in [-0.2, -0.15) is 0 Å². The Morgan fingerprint density at radius 2 is 2.00 bits per heavy atom. The number of carbonyl (C=O) groups is 1. The molecule has 1 fully saturated rings. The first-order valence-corrected chi connectivity index (χ1v) is 9.07. The van der Waals surface area contributed by atoms with Crippen LogP contribution in [0.1, 0.15) is 23.4 Å². The van der Waals surface area contributed by atoms with E-state index in [-0.39, 0.29) is 17.8 Å². The van der Waals surface area contributed by atoms with Crippen molar-refractivity contribution < 1.29 is 23.4 Å². The number of hydrogen-bond acceptors (Lipinski definition) is 7. The molecule has 8 heteroatoms. The average Bonchev–Trinajstić information content (AvgIpc) is 3.18. The summed E-state index contributed by atoms with van der Waals surface area (Å²) < 4.78 is 22.2. The van der Waals surface area contributed by atoms with Crippen molar-refractivity contribution in [2.45, 2.75) is 18.9 Å². The Bertz CT molecular complexity index is 987. The van der Waals surface area contributed by atoms with Crippen LogP contribution in [0.3, 0.4) is 0 Å². The molecular weight excluding hydrogens is 362 g/mol. The number of rotatable bonds is 5. The molecule has 1 amide bonds. The Morgan fingerprint density at radius 3 is 2.79 bits per heavy atom. The number of methoxy groups -OCH3 is 2. The first-order chi connectivity index (χ1) is 13.7. The van der Waals surface area contributed by atoms with Crippen LogP contribution in [0.5, 0.6) is 17.5 Å². The molecule has 1 saturated heterocycles. The fourth-order valence-electron chi connectivity index (χ4n) is 3.37. The molecule has 0 saturated carbocycles. The summed E-state index contributed by atoms with van der Waals surface area (Å²) >= 11 is 0. The maximum absolute atomic E-state index is 13.0. The highest BCUT2D eigenvalue weighted by atomic mass is 16.5. The number of amides is 1. The molecule has 1 aliphatic rings. The summed E-state index contributed by atoms with van der Waals surface area (Å²) in [5.41, 5.74) is 0.572. The minimum Gasteiger partial charge on any atom is -0.493 e. The van der Waals surface area contributed by atoms with Crippen LogP contribution in [0.25, 0.3) is 11.0 Å². The second-order valence-electron chi connectivity index (χ2n) is 6.49. The summed E-state index contributed by atoms with van der Waals surface area (Å²) in [5, 5.41) is 0.830. The average molecular weight is 383 g/mol. The Kier molecular flexibility index (Phi) is 5.01. The number of piperidine rings is 1. The molecule has 28 heavy (non-hydrogen) atoms. The van der Waals surface area contributed by atoms with Crippen molar-refractivity contribution in [2.75, 3.05) is 27.3 Å². The van der Waals surface area contributed by atoms with Crippen molar-refractivity contribution in [3.05, 3.63) is 42.4 Å². The molecule has 0 aliphatic carbocycles. The van der Waals surface area contributed by atoms with E-state index in [0.717, 1.165) is 18.2 Å². The smallest absolute Gasteiger partial charge is 0.289 e. The van der Waals surface area contributed by atoms with Crippen LogP contribution >= 0.6 is 0 Å². The standard InChI is InChI=1S/C20H21N3O5/c1-25-15-7-3-5-13-11-16(28-17(13)15)20(24)23-10-4-6-14(12-23)27-19-18(26-2)21-8-9-22-19/h3,5,7-9,11,14H,4,6,10,12H2,1-2H3. The third kappa shape index (κ3) is 3.45. The molecule has 146 valence electrons. The Balaban J connectivity index is 1.50. The van der Waals surface area contributed by atoms with Crippen molar-refractivity contribution in [2.24, 2.45) is 0 Å². The van der Waals surface area contributed by atoms with Gasteiger partial charge in [0.2, 0.25) is 0 Å². The Labute approximate surface area is 162 Å². The van der Waals surface area contributed by atoms with Crippen LogP contribution in [0.2, 0.25) is 0 Å². The second kappa shape index (κ2) is 7.75. The number of carbonyl (C=O) groups excluding carboxylic acids is 1. The van der Waals surface area contributed by atoms with Crippen molar-refractivity contribution in [3.63, 3.8) is 0 Å². The fraction of sp³-hybridized carbons (Fsp3) is 0.350. The molecule has 1 aromatic carbocycles. The second-order valence-corrected chi connectivity index (χ2v) is 6.49. The lowest BCUT2D eigenvalue weighted by atomic mass is 10.1. The van der Waals surface area contributed by atoms with E-state index in [9.17, 15) is 4.79 Å². The van der Waals surface area contributed by atoms with Gasteiger partial charge in [0.05, 0.1) is 20.8 Å². The number of ether oxygens (including phenoxy) is 3. The normalized spacial score (nSPS) is 16.8. The van der Waals surface area contributed by atoms with E-state index in [1.807, 2.05) is 12.1 Å². The molecule has 0 N–H and O–H groups in total. The lowest BCUT2D eigenvalue weighted by Gasteiger charge is -2.32. The quantitative estimate of drug-likeness (QED) is 0.669. The molecule has 1 aliphatic heterocycles. The lowest BCUT2D eigenvalue weighted by Crippen LogP contribution is -2.44. The molecule has 4 rings (SSSR count). The zero-order chi connectivity index (χ0) is 19.5. The fourth-order valence-corrected chi connectivity index (χ4v) is 3.37. The van der Waals surface area contributed by atoms with Crippen molar-refractivity contribution in [1.29, 1.82) is 0 Å². The third-order valence-corrected chi connectivity index (χ3v) is 4.71. The van der Waals surface area contributed by atoms with E-state index in [2.05, 4.69) is 9.97 Å². The van der Waals surface area contributed by atoms with Crippen molar-refractivity contribution in [1.82, 2.24) is 14.9 Å². The molecule has 1 atom stereocenters. The first kappa shape index (κ1) is 18.1. The molecule has 8 nitrogen and oxygen atoms in total. The number of benzene rings is 1. The zero-order valence-electron chi connectivity index (χ0n) is 15.8. The predicted molar refractivity (Wildman–Crippen MR) is 101 cm³/mol. The number of aromatic nitrogens is 2. The predicted octanol–water partition coefficient (Wildman–Crippen LogP) is 2.92. The first-order valence-electron chi connectivity index (χ1n) is 9.07. The van der Waals surface area contributed by atoms with Gasteiger partial charge in [0, 0.05) is 24.3 Å². The number of hydrogen-bond donors (Lipinski definition) is 0. The molecule has 3 aromatic rings. The molecule has 2 aromatic heterocycles. The highest BCUT2D eigenvalue weighted by molar-refractivity contribution is 5.97. The van der Waals surface area contributed by atoms with Crippen LogP contribution in [-0.2, 0) is 0 Å². The number of para-hydroxylation sites is 1. The number of fused-ring (bicyclic) bond motifs is 1. The van der Waals surface area contributed by atoms with Crippen LogP contribution in [0.15, 0.2) is 41.1 Å². The minimum absolute atomic E-state index is 0.169. The summed E-state index contributed by atoms with van der Waals surface area (Å²) in [6.07, 6.45) is 4.53. The molecule has 0 spiro atoms. The van der Waals surface area contributed by atoms with Crippen molar-refractivity contribution >= 4 is 16.9 Å². The van der Waals surface area contributed by atoms with Crippen LogP contribution in [0, 0.1) is 0 Å². The molecular formula is C20H21N3O5. The van der Waals surface area contributed by atoms with E-state index >= 15 is 0 Å². The molecule has 1 unspecified atom stereocenters. The monoisotopic (exact) mass is 383 g/mol. The van der Waals surface area contributed by atoms with Gasteiger partial charge < -0.3 is 23.5 Å². The van der Waals surface area contributed by atoms with Gasteiger partial charge in [0.15, 0.2) is 17.1 Å². The lowest BCUT2D eigenvalue weighted by molar-refractivity contribution is 0.0494. The number of nitrogens with zero attached hydrogens (tertiary/aromatic N) is 3. The van der Waals surface area contributed by atoms with Gasteiger partial charge >= 0.3 is 0 Å². The van der Waals surface area contributed by atoms with E-state index in [1.54, 1.807) is 30.3 Å². The third-order valence-electron chi connectivity index (χ3n) is 4.71. The van der Waals surface area contributed by atoms with Gasteiger partial charge in [-0.1, -0.05) is 12.1 Å². The molecule has 0 bridgehead atoms. The van der Waals surface area contributed by atoms with E-state index in [1.165, 1.54) is 13.3 Å². The van der Waals surface area contributed by atoms with Crippen LogP contribution in [-0.4, -0.2) is 54.2 Å². The topological polar surface area (TPSA) is 86.9 Å². The SMILES string of the molecule is COc1nccnc1OC1CCCN(C(=O)c2cc3cccc(OC)c3o2)C1. The number of furan rings is 1. The summed E-state index contributed by atoms with van der Waals surface area (Å²) in [6.45, 7) is 1.08. The maximum Gasteiger partial charge on any atom is 0.289 e. The van der Waals surface area contributed by atoms with Gasteiger partial charge in [-0.3, -0.25) is 4.79 Å².